The van der Waals surface area contributed by atoms with E-state index in [1.165, 1.54) is 24.8 Å². The number of hydrogen-bond acceptors (Lipinski definition) is 1. The van der Waals surface area contributed by atoms with Crippen molar-refractivity contribution in [3.63, 3.8) is 0 Å². The highest BCUT2D eigenvalue weighted by atomic mass is 19.3. The molecule has 4 heteroatoms. The largest absolute Gasteiger partial charge is 0.434 e. The molecule has 0 spiro atoms. The van der Waals surface area contributed by atoms with Crippen LogP contribution in [0.5, 0.6) is 5.75 Å². The number of halogens is 3. The third-order valence-corrected chi connectivity index (χ3v) is 6.03. The van der Waals surface area contributed by atoms with E-state index >= 15 is 0 Å². The van der Waals surface area contributed by atoms with Crippen molar-refractivity contribution in [1.82, 2.24) is 0 Å². The summed E-state index contributed by atoms with van der Waals surface area (Å²) in [6, 6.07) is 7.32. The standard InChI is InChI=1S/C24H29F3O/c1-3-5-6-7-16-8-10-17(11-9-16)18-12-13-21-19(14-18)15-22(28-24(26)27)20(4-2)23(21)25/h3,5,12-17,24H,4,6-11H2,1-2H3/b5-3+. The lowest BCUT2D eigenvalue weighted by atomic mass is 9.77. The predicted octanol–water partition coefficient (Wildman–Crippen LogP) is 7.77. The van der Waals surface area contributed by atoms with Gasteiger partial charge in [0.2, 0.25) is 0 Å². The summed E-state index contributed by atoms with van der Waals surface area (Å²) >= 11 is 0. The Morgan fingerprint density at radius 2 is 1.89 bits per heavy atom. The fraction of sp³-hybridized carbons (Fsp3) is 0.500. The topological polar surface area (TPSA) is 9.23 Å². The fourth-order valence-electron chi connectivity index (χ4n) is 4.47. The second-order valence-electron chi connectivity index (χ2n) is 7.74. The monoisotopic (exact) mass is 390 g/mol. The molecule has 0 heterocycles. The molecular formula is C24H29F3O. The van der Waals surface area contributed by atoms with E-state index < -0.39 is 12.4 Å². The van der Waals surface area contributed by atoms with Crippen LogP contribution in [-0.4, -0.2) is 6.61 Å². The van der Waals surface area contributed by atoms with E-state index in [4.69, 9.17) is 0 Å². The molecule has 28 heavy (non-hydrogen) atoms. The lowest BCUT2D eigenvalue weighted by molar-refractivity contribution is -0.0504. The lowest BCUT2D eigenvalue weighted by Crippen LogP contribution is -2.13. The van der Waals surface area contributed by atoms with Gasteiger partial charge in [0.1, 0.15) is 11.6 Å². The number of allylic oxidation sites excluding steroid dienone is 2. The second-order valence-corrected chi connectivity index (χ2v) is 7.74. The summed E-state index contributed by atoms with van der Waals surface area (Å²) in [6.07, 6.45) is 11.7. The minimum absolute atomic E-state index is 0.0488. The minimum Gasteiger partial charge on any atom is -0.434 e. The number of fused-ring (bicyclic) bond motifs is 1. The van der Waals surface area contributed by atoms with Crippen LogP contribution in [0, 0.1) is 11.7 Å². The van der Waals surface area contributed by atoms with Crippen LogP contribution >= 0.6 is 0 Å². The Morgan fingerprint density at radius 3 is 2.54 bits per heavy atom. The first-order valence-electron chi connectivity index (χ1n) is 10.3. The summed E-state index contributed by atoms with van der Waals surface area (Å²) in [5, 5.41) is 1.11. The highest BCUT2D eigenvalue weighted by molar-refractivity contribution is 5.86. The Balaban J connectivity index is 1.80. The van der Waals surface area contributed by atoms with Gasteiger partial charge in [0.05, 0.1) is 0 Å². The zero-order chi connectivity index (χ0) is 20.1. The number of rotatable bonds is 7. The first-order chi connectivity index (χ1) is 13.5. The van der Waals surface area contributed by atoms with Gasteiger partial charge in [-0.15, -0.1) is 0 Å². The molecule has 1 saturated carbocycles. The molecule has 0 unspecified atom stereocenters. The highest BCUT2D eigenvalue weighted by Crippen LogP contribution is 2.39. The first-order valence-corrected chi connectivity index (χ1v) is 10.3. The van der Waals surface area contributed by atoms with Crippen molar-refractivity contribution in [1.29, 1.82) is 0 Å². The molecule has 3 rings (SSSR count). The average Bonchev–Trinajstić information content (AvgIpc) is 2.68. The van der Waals surface area contributed by atoms with Crippen LogP contribution in [0.15, 0.2) is 36.4 Å². The van der Waals surface area contributed by atoms with Crippen LogP contribution in [0.4, 0.5) is 13.2 Å². The van der Waals surface area contributed by atoms with E-state index in [-0.39, 0.29) is 11.3 Å². The van der Waals surface area contributed by atoms with E-state index in [1.807, 2.05) is 12.1 Å². The summed E-state index contributed by atoms with van der Waals surface area (Å²) in [4.78, 5) is 0. The van der Waals surface area contributed by atoms with Crippen molar-refractivity contribution in [3.05, 3.63) is 53.4 Å². The molecule has 1 aliphatic rings. The summed E-state index contributed by atoms with van der Waals surface area (Å²) in [7, 11) is 0. The Labute approximate surface area is 165 Å². The number of alkyl halides is 2. The van der Waals surface area contributed by atoms with E-state index in [2.05, 4.69) is 23.8 Å². The van der Waals surface area contributed by atoms with Crippen LogP contribution < -0.4 is 4.74 Å². The average molecular weight is 390 g/mol. The third-order valence-electron chi connectivity index (χ3n) is 6.03. The molecule has 1 fully saturated rings. The van der Waals surface area contributed by atoms with Gasteiger partial charge in [0, 0.05) is 10.9 Å². The predicted molar refractivity (Wildman–Crippen MR) is 109 cm³/mol. The van der Waals surface area contributed by atoms with Crippen LogP contribution in [0.25, 0.3) is 10.8 Å². The summed E-state index contributed by atoms with van der Waals surface area (Å²) in [6.45, 7) is 0.843. The second kappa shape index (κ2) is 9.49. The Morgan fingerprint density at radius 1 is 1.14 bits per heavy atom. The molecule has 152 valence electrons. The van der Waals surface area contributed by atoms with Gasteiger partial charge in [0.15, 0.2) is 0 Å². The van der Waals surface area contributed by atoms with E-state index in [0.717, 1.165) is 25.2 Å². The normalized spacial score (nSPS) is 20.4. The first kappa shape index (κ1) is 20.8. The summed E-state index contributed by atoms with van der Waals surface area (Å²) in [5.41, 5.74) is 1.38. The van der Waals surface area contributed by atoms with Crippen LogP contribution in [0.2, 0.25) is 0 Å². The van der Waals surface area contributed by atoms with Crippen molar-refractivity contribution in [2.75, 3.05) is 0 Å². The molecule has 0 N–H and O–H groups in total. The van der Waals surface area contributed by atoms with Crippen molar-refractivity contribution in [2.24, 2.45) is 5.92 Å². The molecule has 2 aromatic rings. The molecule has 0 saturated heterocycles. The van der Waals surface area contributed by atoms with E-state index in [9.17, 15) is 13.2 Å². The van der Waals surface area contributed by atoms with Gasteiger partial charge in [-0.2, -0.15) is 8.78 Å². The molecular weight excluding hydrogens is 361 g/mol. The Kier molecular flexibility index (Phi) is 7.03. The Bertz CT molecular complexity index is 820. The van der Waals surface area contributed by atoms with Gasteiger partial charge < -0.3 is 4.74 Å². The molecule has 0 atom stereocenters. The zero-order valence-corrected chi connectivity index (χ0v) is 16.7. The summed E-state index contributed by atoms with van der Waals surface area (Å²) < 4.78 is 44.9. The molecule has 0 radical (unpaired) electrons. The quantitative estimate of drug-likeness (QED) is 0.439. The van der Waals surface area contributed by atoms with Crippen LogP contribution in [0.3, 0.4) is 0 Å². The molecule has 0 amide bonds. The highest BCUT2D eigenvalue weighted by Gasteiger charge is 2.23. The molecule has 1 aliphatic carbocycles. The van der Waals surface area contributed by atoms with Gasteiger partial charge in [-0.25, -0.2) is 4.39 Å². The maximum atomic E-state index is 14.8. The SMILES string of the molecule is C/C=C/CCC1CCC(c2ccc3c(F)c(CC)c(OC(F)F)cc3c2)CC1. The summed E-state index contributed by atoms with van der Waals surface area (Å²) in [5.74, 6) is 0.737. The van der Waals surface area contributed by atoms with Gasteiger partial charge >= 0.3 is 6.61 Å². The van der Waals surface area contributed by atoms with Crippen LogP contribution in [0.1, 0.15) is 69.4 Å². The van der Waals surface area contributed by atoms with Crippen molar-refractivity contribution >= 4 is 10.8 Å². The maximum Gasteiger partial charge on any atom is 0.387 e. The number of benzene rings is 2. The van der Waals surface area contributed by atoms with Gasteiger partial charge in [0.25, 0.3) is 0 Å². The van der Waals surface area contributed by atoms with Crippen molar-refractivity contribution in [3.8, 4) is 5.75 Å². The maximum absolute atomic E-state index is 14.8. The van der Waals surface area contributed by atoms with Crippen molar-refractivity contribution < 1.29 is 17.9 Å². The Hall–Kier alpha value is -1.97. The van der Waals surface area contributed by atoms with E-state index in [1.54, 1.807) is 19.1 Å². The number of hydrogen-bond donors (Lipinski definition) is 0. The number of ether oxygens (including phenoxy) is 1. The zero-order valence-electron chi connectivity index (χ0n) is 16.7. The van der Waals surface area contributed by atoms with Gasteiger partial charge in [-0.1, -0.05) is 37.3 Å². The lowest BCUT2D eigenvalue weighted by Gasteiger charge is -2.29. The van der Waals surface area contributed by atoms with E-state index in [0.29, 0.717) is 23.1 Å². The van der Waals surface area contributed by atoms with Gasteiger partial charge in [-0.3, -0.25) is 0 Å². The van der Waals surface area contributed by atoms with Crippen molar-refractivity contribution in [2.45, 2.75) is 71.3 Å². The fourth-order valence-corrected chi connectivity index (χ4v) is 4.47. The molecule has 0 bridgehead atoms. The van der Waals surface area contributed by atoms with Crippen LogP contribution in [-0.2, 0) is 6.42 Å². The molecule has 0 aromatic heterocycles. The van der Waals surface area contributed by atoms with Gasteiger partial charge in [-0.05, 0) is 80.7 Å². The molecule has 2 aromatic carbocycles. The minimum atomic E-state index is -2.96. The smallest absolute Gasteiger partial charge is 0.387 e. The molecule has 1 nitrogen and oxygen atoms in total. The molecule has 0 aliphatic heterocycles. The third kappa shape index (κ3) is 4.71.